The zero-order valence-electron chi connectivity index (χ0n) is 10.6. The first-order valence-electron chi connectivity index (χ1n) is 5.94. The van der Waals surface area contributed by atoms with E-state index in [0.29, 0.717) is 12.4 Å². The molecule has 1 N–H and O–H groups in total. The molecule has 5 heteroatoms. The van der Waals surface area contributed by atoms with Crippen LogP contribution in [0.25, 0.3) is 0 Å². The third-order valence-corrected chi connectivity index (χ3v) is 2.74. The molecule has 0 bridgehead atoms. The fraction of sp³-hybridized carbons (Fsp3) is 0.385. The van der Waals surface area contributed by atoms with Crippen LogP contribution < -0.4 is 4.74 Å². The molecule has 96 valence electrons. The van der Waals surface area contributed by atoms with Crippen molar-refractivity contribution in [1.82, 2.24) is 14.8 Å². The maximum absolute atomic E-state index is 9.29. The van der Waals surface area contributed by atoms with Crippen LogP contribution >= 0.6 is 0 Å². The van der Waals surface area contributed by atoms with Crippen molar-refractivity contribution in [2.45, 2.75) is 33.6 Å². The van der Waals surface area contributed by atoms with E-state index in [1.807, 2.05) is 32.0 Å². The lowest BCUT2D eigenvalue weighted by atomic mass is 10.1. The van der Waals surface area contributed by atoms with Crippen LogP contribution in [-0.2, 0) is 19.8 Å². The lowest BCUT2D eigenvalue weighted by Gasteiger charge is -2.10. The average Bonchev–Trinajstić information content (AvgIpc) is 2.84. The molecule has 1 heterocycles. The van der Waals surface area contributed by atoms with Crippen molar-refractivity contribution in [3.05, 3.63) is 41.5 Å². The van der Waals surface area contributed by atoms with Crippen LogP contribution in [0.3, 0.4) is 0 Å². The summed E-state index contributed by atoms with van der Waals surface area (Å²) < 4.78 is 7.47. The highest BCUT2D eigenvalue weighted by Gasteiger charge is 2.07. The summed E-state index contributed by atoms with van der Waals surface area (Å²) in [6.07, 6.45) is 1.52. The fourth-order valence-electron chi connectivity index (χ4n) is 1.78. The molecule has 0 aliphatic heterocycles. The maximum Gasteiger partial charge on any atom is 0.164 e. The Labute approximate surface area is 106 Å². The molecule has 0 aliphatic rings. The molecular formula is C13H17N3O2. The highest BCUT2D eigenvalue weighted by Crippen LogP contribution is 2.20. The average molecular weight is 247 g/mol. The van der Waals surface area contributed by atoms with Crippen LogP contribution in [0.2, 0.25) is 0 Å². The first-order chi connectivity index (χ1) is 8.74. The highest BCUT2D eigenvalue weighted by atomic mass is 16.5. The molecule has 0 aliphatic carbocycles. The topological polar surface area (TPSA) is 60.2 Å². The number of aromatic nitrogens is 3. The van der Waals surface area contributed by atoms with E-state index in [0.717, 1.165) is 23.5 Å². The van der Waals surface area contributed by atoms with Crippen LogP contribution in [0, 0.1) is 6.92 Å². The third-order valence-electron chi connectivity index (χ3n) is 2.74. The Hall–Kier alpha value is -1.88. The zero-order valence-corrected chi connectivity index (χ0v) is 10.6. The van der Waals surface area contributed by atoms with Gasteiger partial charge in [0.05, 0.1) is 6.61 Å². The van der Waals surface area contributed by atoms with Gasteiger partial charge in [0.1, 0.15) is 18.7 Å². The summed E-state index contributed by atoms with van der Waals surface area (Å²) in [5, 5.41) is 13.4. The van der Waals surface area contributed by atoms with Crippen LogP contribution in [-0.4, -0.2) is 19.9 Å². The lowest BCUT2D eigenvalue weighted by molar-refractivity contribution is 0.252. The van der Waals surface area contributed by atoms with E-state index in [1.165, 1.54) is 6.33 Å². The van der Waals surface area contributed by atoms with Gasteiger partial charge < -0.3 is 9.84 Å². The summed E-state index contributed by atoms with van der Waals surface area (Å²) in [5.41, 5.74) is 1.89. The Morgan fingerprint density at radius 3 is 2.94 bits per heavy atom. The van der Waals surface area contributed by atoms with Gasteiger partial charge >= 0.3 is 0 Å². The van der Waals surface area contributed by atoms with Crippen LogP contribution in [0.5, 0.6) is 5.75 Å². The molecule has 0 radical (unpaired) electrons. The largest absolute Gasteiger partial charge is 0.485 e. The first-order valence-corrected chi connectivity index (χ1v) is 5.94. The second-order valence-electron chi connectivity index (χ2n) is 4.05. The van der Waals surface area contributed by atoms with Crippen molar-refractivity contribution in [3.8, 4) is 5.75 Å². The van der Waals surface area contributed by atoms with E-state index in [4.69, 9.17) is 4.74 Å². The lowest BCUT2D eigenvalue weighted by Crippen LogP contribution is -2.08. The molecule has 5 nitrogen and oxygen atoms in total. The molecule has 0 spiro atoms. The van der Waals surface area contributed by atoms with Gasteiger partial charge in [-0.1, -0.05) is 17.7 Å². The molecule has 0 unspecified atom stereocenters. The standard InChI is InChI=1S/C13H17N3O2/c1-3-16-13(14-9-15-16)8-18-12-5-4-10(2)6-11(12)7-17/h4-6,9,17H,3,7-8H2,1-2H3. The van der Waals surface area contributed by atoms with Crippen molar-refractivity contribution >= 4 is 0 Å². The molecule has 1 aromatic carbocycles. The third kappa shape index (κ3) is 2.68. The number of aliphatic hydroxyl groups is 1. The molecule has 0 amide bonds. The van der Waals surface area contributed by atoms with E-state index in [2.05, 4.69) is 10.1 Å². The summed E-state index contributed by atoms with van der Waals surface area (Å²) in [4.78, 5) is 4.14. The van der Waals surface area contributed by atoms with E-state index >= 15 is 0 Å². The predicted molar refractivity (Wildman–Crippen MR) is 67.1 cm³/mol. The minimum Gasteiger partial charge on any atom is -0.485 e. The number of benzene rings is 1. The number of nitrogens with zero attached hydrogens (tertiary/aromatic N) is 3. The molecule has 0 fully saturated rings. The van der Waals surface area contributed by atoms with Gasteiger partial charge in [0.15, 0.2) is 5.82 Å². The molecule has 1 aromatic heterocycles. The number of ether oxygens (including phenoxy) is 1. The van der Waals surface area contributed by atoms with Gasteiger partial charge in [-0.05, 0) is 19.9 Å². The molecule has 18 heavy (non-hydrogen) atoms. The molecule has 2 aromatic rings. The summed E-state index contributed by atoms with van der Waals surface area (Å²) in [5.74, 6) is 1.47. The van der Waals surface area contributed by atoms with Gasteiger partial charge in [0.25, 0.3) is 0 Å². The molecule has 2 rings (SSSR count). The van der Waals surface area contributed by atoms with Gasteiger partial charge in [-0.3, -0.25) is 0 Å². The SMILES string of the molecule is CCn1ncnc1COc1ccc(C)cc1CO. The second kappa shape index (κ2) is 5.64. The van der Waals surface area contributed by atoms with Crippen LogP contribution in [0.4, 0.5) is 0 Å². The van der Waals surface area contributed by atoms with Crippen molar-refractivity contribution in [2.24, 2.45) is 0 Å². The molecule has 0 saturated heterocycles. The Morgan fingerprint density at radius 2 is 2.22 bits per heavy atom. The smallest absolute Gasteiger partial charge is 0.164 e. The van der Waals surface area contributed by atoms with E-state index in [9.17, 15) is 5.11 Å². The van der Waals surface area contributed by atoms with Crippen molar-refractivity contribution in [2.75, 3.05) is 0 Å². The Bertz CT molecular complexity index is 523. The summed E-state index contributed by atoms with van der Waals surface area (Å²) in [7, 11) is 0. The van der Waals surface area contributed by atoms with E-state index < -0.39 is 0 Å². The number of hydrogen-bond acceptors (Lipinski definition) is 4. The summed E-state index contributed by atoms with van der Waals surface area (Å²) in [6, 6.07) is 5.74. The minimum atomic E-state index is -0.0303. The predicted octanol–water partition coefficient (Wildman–Crippen LogP) is 1.68. The van der Waals surface area contributed by atoms with Gasteiger partial charge in [0, 0.05) is 12.1 Å². The van der Waals surface area contributed by atoms with Crippen molar-refractivity contribution in [3.63, 3.8) is 0 Å². The highest BCUT2D eigenvalue weighted by molar-refractivity contribution is 5.36. The normalized spacial score (nSPS) is 10.6. The second-order valence-corrected chi connectivity index (χ2v) is 4.05. The van der Waals surface area contributed by atoms with Gasteiger partial charge in [-0.15, -0.1) is 0 Å². The summed E-state index contributed by atoms with van der Waals surface area (Å²) in [6.45, 7) is 5.07. The van der Waals surface area contributed by atoms with E-state index in [-0.39, 0.29) is 6.61 Å². The summed E-state index contributed by atoms with van der Waals surface area (Å²) >= 11 is 0. The zero-order chi connectivity index (χ0) is 13.0. The number of rotatable bonds is 5. The molecule has 0 saturated carbocycles. The fourth-order valence-corrected chi connectivity index (χ4v) is 1.78. The first kappa shape index (κ1) is 12.6. The number of hydrogen-bond donors (Lipinski definition) is 1. The molecule has 0 atom stereocenters. The van der Waals surface area contributed by atoms with Gasteiger partial charge in [-0.2, -0.15) is 5.10 Å². The monoisotopic (exact) mass is 247 g/mol. The maximum atomic E-state index is 9.29. The Kier molecular flexibility index (Phi) is 3.94. The van der Waals surface area contributed by atoms with E-state index in [1.54, 1.807) is 4.68 Å². The minimum absolute atomic E-state index is 0.0303. The molecular weight excluding hydrogens is 230 g/mol. The van der Waals surface area contributed by atoms with Gasteiger partial charge in [-0.25, -0.2) is 9.67 Å². The van der Waals surface area contributed by atoms with Crippen LogP contribution in [0.1, 0.15) is 23.9 Å². The Balaban J connectivity index is 2.10. The van der Waals surface area contributed by atoms with Crippen molar-refractivity contribution in [1.29, 1.82) is 0 Å². The number of aryl methyl sites for hydroxylation is 2. The van der Waals surface area contributed by atoms with Gasteiger partial charge in [0.2, 0.25) is 0 Å². The van der Waals surface area contributed by atoms with Crippen LogP contribution in [0.15, 0.2) is 24.5 Å². The number of aliphatic hydroxyl groups excluding tert-OH is 1. The quantitative estimate of drug-likeness (QED) is 0.873. The Morgan fingerprint density at radius 1 is 1.39 bits per heavy atom. The van der Waals surface area contributed by atoms with Crippen molar-refractivity contribution < 1.29 is 9.84 Å².